The maximum atomic E-state index is 12.3. The molecule has 1 aliphatic rings. The number of nitrogens with zero attached hydrogens (tertiary/aromatic N) is 4. The summed E-state index contributed by atoms with van der Waals surface area (Å²) in [4.78, 5) is 14.0. The molecule has 0 spiro atoms. The minimum absolute atomic E-state index is 0.148. The number of para-hydroxylation sites is 1. The lowest BCUT2D eigenvalue weighted by molar-refractivity contribution is 0.0298. The molecule has 0 bridgehead atoms. The molecule has 0 aliphatic carbocycles. The highest BCUT2D eigenvalue weighted by atomic mass is 16.5. The van der Waals surface area contributed by atoms with Crippen molar-refractivity contribution in [1.29, 1.82) is 5.26 Å². The number of rotatable bonds is 3. The van der Waals surface area contributed by atoms with Gasteiger partial charge in [0, 0.05) is 13.1 Å². The number of aromatic nitrogens is 2. The van der Waals surface area contributed by atoms with Crippen LogP contribution in [0, 0.1) is 11.3 Å². The van der Waals surface area contributed by atoms with Crippen molar-refractivity contribution in [3.8, 4) is 6.07 Å². The second kappa shape index (κ2) is 6.85. The van der Waals surface area contributed by atoms with Crippen molar-refractivity contribution < 1.29 is 9.53 Å². The number of hydrogen-bond donors (Lipinski definition) is 1. The molecule has 1 amide bonds. The second-order valence-corrected chi connectivity index (χ2v) is 4.99. The van der Waals surface area contributed by atoms with Gasteiger partial charge in [0.15, 0.2) is 11.5 Å². The first-order valence-corrected chi connectivity index (χ1v) is 7.25. The third kappa shape index (κ3) is 3.44. The first-order valence-electron chi connectivity index (χ1n) is 7.25. The summed E-state index contributed by atoms with van der Waals surface area (Å²) >= 11 is 0. The first-order chi connectivity index (χ1) is 11.3. The Hall–Kier alpha value is -2.98. The standard InChI is InChI=1S/C16H15N5O2/c17-11-12-3-1-2-4-13(12)18-15-6-5-14(19-20-15)16(22)21-7-9-23-10-8-21/h1-6H,7-10H2,(H,18,20). The zero-order valence-corrected chi connectivity index (χ0v) is 12.4. The highest BCUT2D eigenvalue weighted by Gasteiger charge is 2.19. The third-order valence-corrected chi connectivity index (χ3v) is 3.49. The van der Waals surface area contributed by atoms with Gasteiger partial charge in [-0.15, -0.1) is 10.2 Å². The Kier molecular flexibility index (Phi) is 4.45. The molecule has 7 heteroatoms. The third-order valence-electron chi connectivity index (χ3n) is 3.49. The molecule has 1 aliphatic heterocycles. The molecule has 7 nitrogen and oxygen atoms in total. The van der Waals surface area contributed by atoms with Crippen LogP contribution in [0.15, 0.2) is 36.4 Å². The van der Waals surface area contributed by atoms with Gasteiger partial charge in [-0.05, 0) is 24.3 Å². The van der Waals surface area contributed by atoms with E-state index in [1.807, 2.05) is 6.07 Å². The van der Waals surface area contributed by atoms with Crippen molar-refractivity contribution in [3.63, 3.8) is 0 Å². The lowest BCUT2D eigenvalue weighted by Crippen LogP contribution is -2.41. The number of ether oxygens (including phenoxy) is 1. The summed E-state index contributed by atoms with van der Waals surface area (Å²) in [6.45, 7) is 2.22. The number of carbonyl (C=O) groups is 1. The molecular weight excluding hydrogens is 294 g/mol. The van der Waals surface area contributed by atoms with Crippen LogP contribution in [-0.2, 0) is 4.74 Å². The van der Waals surface area contributed by atoms with E-state index in [0.717, 1.165) is 0 Å². The molecule has 1 saturated heterocycles. The van der Waals surface area contributed by atoms with Crippen molar-refractivity contribution in [2.75, 3.05) is 31.6 Å². The average Bonchev–Trinajstić information content (AvgIpc) is 2.63. The van der Waals surface area contributed by atoms with Gasteiger partial charge < -0.3 is 15.0 Å². The van der Waals surface area contributed by atoms with Crippen LogP contribution in [-0.4, -0.2) is 47.3 Å². The summed E-state index contributed by atoms with van der Waals surface area (Å²) in [6, 6.07) is 12.5. The average molecular weight is 309 g/mol. The molecule has 0 unspecified atom stereocenters. The molecule has 1 N–H and O–H groups in total. The number of anilines is 2. The summed E-state index contributed by atoms with van der Waals surface area (Å²) in [5.41, 5.74) is 1.46. The normalized spacial score (nSPS) is 14.1. The summed E-state index contributed by atoms with van der Waals surface area (Å²) in [6.07, 6.45) is 0. The van der Waals surface area contributed by atoms with Gasteiger partial charge in [-0.25, -0.2) is 0 Å². The Morgan fingerprint density at radius 3 is 2.65 bits per heavy atom. The van der Waals surface area contributed by atoms with Gasteiger partial charge in [-0.3, -0.25) is 4.79 Å². The van der Waals surface area contributed by atoms with E-state index in [4.69, 9.17) is 10.00 Å². The topological polar surface area (TPSA) is 91.1 Å². The van der Waals surface area contributed by atoms with Crippen LogP contribution in [0.4, 0.5) is 11.5 Å². The van der Waals surface area contributed by atoms with E-state index in [0.29, 0.717) is 49.1 Å². The Morgan fingerprint density at radius 2 is 1.96 bits per heavy atom. The molecule has 0 atom stereocenters. The van der Waals surface area contributed by atoms with Crippen LogP contribution in [0.25, 0.3) is 0 Å². The van der Waals surface area contributed by atoms with Gasteiger partial charge in [0.1, 0.15) is 6.07 Å². The Morgan fingerprint density at radius 1 is 1.17 bits per heavy atom. The first kappa shape index (κ1) is 14.9. The van der Waals surface area contributed by atoms with Crippen molar-refractivity contribution in [2.24, 2.45) is 0 Å². The second-order valence-electron chi connectivity index (χ2n) is 4.99. The number of hydrogen-bond acceptors (Lipinski definition) is 6. The lowest BCUT2D eigenvalue weighted by atomic mass is 10.2. The lowest BCUT2D eigenvalue weighted by Gasteiger charge is -2.26. The van der Waals surface area contributed by atoms with E-state index in [2.05, 4.69) is 21.6 Å². The summed E-state index contributed by atoms with van der Waals surface area (Å²) in [5, 5.41) is 20.1. The molecular formula is C16H15N5O2. The number of nitrogens with one attached hydrogen (secondary N) is 1. The van der Waals surface area contributed by atoms with Crippen LogP contribution < -0.4 is 5.32 Å². The quantitative estimate of drug-likeness (QED) is 0.925. The van der Waals surface area contributed by atoms with E-state index < -0.39 is 0 Å². The fraction of sp³-hybridized carbons (Fsp3) is 0.250. The van der Waals surface area contributed by atoms with Crippen LogP contribution in [0.3, 0.4) is 0 Å². The van der Waals surface area contributed by atoms with Crippen LogP contribution >= 0.6 is 0 Å². The zero-order valence-electron chi connectivity index (χ0n) is 12.4. The monoisotopic (exact) mass is 309 g/mol. The summed E-state index contributed by atoms with van der Waals surface area (Å²) < 4.78 is 5.23. The Labute approximate surface area is 133 Å². The highest BCUT2D eigenvalue weighted by molar-refractivity contribution is 5.92. The summed E-state index contributed by atoms with van der Waals surface area (Å²) in [7, 11) is 0. The fourth-order valence-electron chi connectivity index (χ4n) is 2.27. The zero-order chi connectivity index (χ0) is 16.1. The number of nitriles is 1. The van der Waals surface area contributed by atoms with E-state index in [1.54, 1.807) is 35.2 Å². The van der Waals surface area contributed by atoms with E-state index in [9.17, 15) is 4.79 Å². The minimum atomic E-state index is -0.148. The maximum Gasteiger partial charge on any atom is 0.274 e. The van der Waals surface area contributed by atoms with Crippen molar-refractivity contribution >= 4 is 17.4 Å². The van der Waals surface area contributed by atoms with Gasteiger partial charge in [0.2, 0.25) is 0 Å². The highest BCUT2D eigenvalue weighted by Crippen LogP contribution is 2.18. The fourth-order valence-corrected chi connectivity index (χ4v) is 2.27. The molecule has 2 aromatic rings. The number of benzene rings is 1. The Balaban J connectivity index is 1.72. The van der Waals surface area contributed by atoms with Gasteiger partial charge >= 0.3 is 0 Å². The number of carbonyl (C=O) groups excluding carboxylic acids is 1. The number of amides is 1. The van der Waals surface area contributed by atoms with Gasteiger partial charge in [0.05, 0.1) is 24.5 Å². The Bertz CT molecular complexity index is 733. The van der Waals surface area contributed by atoms with Gasteiger partial charge in [-0.1, -0.05) is 12.1 Å². The van der Waals surface area contributed by atoms with Crippen LogP contribution in [0.1, 0.15) is 16.1 Å². The molecule has 1 aromatic heterocycles. The molecule has 2 heterocycles. The number of morpholine rings is 1. The molecule has 3 rings (SSSR count). The van der Waals surface area contributed by atoms with Crippen molar-refractivity contribution in [2.45, 2.75) is 0 Å². The molecule has 0 saturated carbocycles. The molecule has 1 aromatic carbocycles. The van der Waals surface area contributed by atoms with E-state index in [-0.39, 0.29) is 5.91 Å². The molecule has 23 heavy (non-hydrogen) atoms. The van der Waals surface area contributed by atoms with Crippen LogP contribution in [0.5, 0.6) is 0 Å². The van der Waals surface area contributed by atoms with Crippen molar-refractivity contribution in [1.82, 2.24) is 15.1 Å². The SMILES string of the molecule is N#Cc1ccccc1Nc1ccc(C(=O)N2CCOCC2)nn1. The largest absolute Gasteiger partial charge is 0.378 e. The molecule has 0 radical (unpaired) electrons. The predicted molar refractivity (Wildman–Crippen MR) is 83.2 cm³/mol. The smallest absolute Gasteiger partial charge is 0.274 e. The summed E-state index contributed by atoms with van der Waals surface area (Å²) in [5.74, 6) is 0.330. The van der Waals surface area contributed by atoms with E-state index >= 15 is 0 Å². The maximum absolute atomic E-state index is 12.3. The van der Waals surface area contributed by atoms with Crippen LogP contribution in [0.2, 0.25) is 0 Å². The predicted octanol–water partition coefficient (Wildman–Crippen LogP) is 1.56. The molecule has 1 fully saturated rings. The minimum Gasteiger partial charge on any atom is -0.378 e. The van der Waals surface area contributed by atoms with Gasteiger partial charge in [0.25, 0.3) is 5.91 Å². The van der Waals surface area contributed by atoms with E-state index in [1.165, 1.54) is 0 Å². The molecule has 116 valence electrons. The van der Waals surface area contributed by atoms with Gasteiger partial charge in [-0.2, -0.15) is 5.26 Å². The van der Waals surface area contributed by atoms with Crippen molar-refractivity contribution in [3.05, 3.63) is 47.7 Å².